The molecule has 0 aromatic heterocycles. The zero-order valence-corrected chi connectivity index (χ0v) is 21.0. The number of benzene rings is 1. The minimum Gasteiger partial charge on any atom is -0.444 e. The van der Waals surface area contributed by atoms with Crippen LogP contribution in [0.25, 0.3) is 0 Å². The van der Waals surface area contributed by atoms with Crippen molar-refractivity contribution in [3.63, 3.8) is 0 Å². The maximum absolute atomic E-state index is 12.2. The monoisotopic (exact) mass is 465 g/mol. The van der Waals surface area contributed by atoms with Gasteiger partial charge in [0.1, 0.15) is 5.60 Å². The van der Waals surface area contributed by atoms with Gasteiger partial charge >= 0.3 is 6.09 Å². The van der Waals surface area contributed by atoms with Crippen LogP contribution in [0, 0.1) is 5.92 Å². The third kappa shape index (κ3) is 6.85. The molecule has 1 atom stereocenters. The van der Waals surface area contributed by atoms with Crippen molar-refractivity contribution < 1.29 is 17.9 Å². The lowest BCUT2D eigenvalue weighted by Gasteiger charge is -2.42. The highest BCUT2D eigenvalue weighted by molar-refractivity contribution is 7.90. The Kier molecular flexibility index (Phi) is 7.76. The van der Waals surface area contributed by atoms with E-state index in [2.05, 4.69) is 16.7 Å². The van der Waals surface area contributed by atoms with Crippen LogP contribution >= 0.6 is 0 Å². The molecule has 3 rings (SSSR count). The fraction of sp³-hybridized carbons (Fsp3) is 0.708. The summed E-state index contributed by atoms with van der Waals surface area (Å²) < 4.78 is 28.9. The Balaban J connectivity index is 1.42. The summed E-state index contributed by atoms with van der Waals surface area (Å²) in [6, 6.07) is 7.67. The number of sulfone groups is 1. The Morgan fingerprint density at radius 3 is 2.22 bits per heavy atom. The van der Waals surface area contributed by atoms with Gasteiger partial charge in [-0.25, -0.2) is 13.2 Å². The van der Waals surface area contributed by atoms with Crippen molar-refractivity contribution in [2.75, 3.05) is 50.4 Å². The molecule has 0 N–H and O–H groups in total. The predicted octanol–water partition coefficient (Wildman–Crippen LogP) is 3.64. The maximum Gasteiger partial charge on any atom is 0.410 e. The number of hydrogen-bond acceptors (Lipinski definition) is 6. The number of anilines is 1. The first-order valence-electron chi connectivity index (χ1n) is 11.7. The van der Waals surface area contributed by atoms with Crippen molar-refractivity contribution in [3.8, 4) is 0 Å². The van der Waals surface area contributed by atoms with Gasteiger partial charge in [-0.15, -0.1) is 0 Å². The van der Waals surface area contributed by atoms with Crippen LogP contribution in [0.5, 0.6) is 0 Å². The van der Waals surface area contributed by atoms with Gasteiger partial charge in [-0.1, -0.05) is 0 Å². The molecule has 2 aliphatic rings. The van der Waals surface area contributed by atoms with E-state index >= 15 is 0 Å². The summed E-state index contributed by atoms with van der Waals surface area (Å²) in [5, 5.41) is 0. The number of amides is 1. The molecule has 0 bridgehead atoms. The quantitative estimate of drug-likeness (QED) is 0.661. The van der Waals surface area contributed by atoms with Crippen LogP contribution in [-0.2, 0) is 14.6 Å². The standard InChI is InChI=1S/C24H39N3O4S/c1-19-18-27(21-6-8-22(9-7-21)32(5,29)30)17-16-25(19)13-10-20-11-14-26(15-12-20)23(28)31-24(2,3)4/h6-9,19-20H,10-18H2,1-5H3. The highest BCUT2D eigenvalue weighted by Gasteiger charge is 2.28. The Bertz CT molecular complexity index is 872. The molecule has 7 nitrogen and oxygen atoms in total. The minimum absolute atomic E-state index is 0.190. The first-order chi connectivity index (χ1) is 14.9. The van der Waals surface area contributed by atoms with Gasteiger partial charge in [0.25, 0.3) is 0 Å². The normalized spacial score (nSPS) is 21.6. The summed E-state index contributed by atoms with van der Waals surface area (Å²) >= 11 is 0. The molecule has 180 valence electrons. The van der Waals surface area contributed by atoms with Crippen LogP contribution in [0.15, 0.2) is 29.2 Å². The van der Waals surface area contributed by atoms with Crippen molar-refractivity contribution in [1.29, 1.82) is 0 Å². The summed E-state index contributed by atoms with van der Waals surface area (Å²) in [5.41, 5.74) is 0.639. The Hall–Kier alpha value is -1.80. The molecule has 0 spiro atoms. The smallest absolute Gasteiger partial charge is 0.410 e. The summed E-state index contributed by atoms with van der Waals surface area (Å²) in [5.74, 6) is 0.655. The number of piperazine rings is 1. The lowest BCUT2D eigenvalue weighted by Crippen LogP contribution is -2.52. The van der Waals surface area contributed by atoms with E-state index in [-0.39, 0.29) is 6.09 Å². The largest absolute Gasteiger partial charge is 0.444 e. The number of ether oxygens (including phenoxy) is 1. The zero-order valence-electron chi connectivity index (χ0n) is 20.2. The molecule has 1 aromatic carbocycles. The van der Waals surface area contributed by atoms with Crippen LogP contribution in [0.4, 0.5) is 10.5 Å². The average Bonchev–Trinajstić information content (AvgIpc) is 2.71. The van der Waals surface area contributed by atoms with Gasteiger partial charge in [0, 0.05) is 50.7 Å². The third-order valence-electron chi connectivity index (χ3n) is 6.49. The van der Waals surface area contributed by atoms with Crippen molar-refractivity contribution in [2.45, 2.75) is 63.5 Å². The second kappa shape index (κ2) is 10.00. The van der Waals surface area contributed by atoms with Gasteiger partial charge in [-0.3, -0.25) is 4.90 Å². The number of carbonyl (C=O) groups excluding carboxylic acids is 1. The maximum atomic E-state index is 12.2. The molecule has 2 fully saturated rings. The number of nitrogens with zero attached hydrogens (tertiary/aromatic N) is 3. The summed E-state index contributed by atoms with van der Waals surface area (Å²) in [6.07, 6.45) is 4.30. The van der Waals surface area contributed by atoms with E-state index < -0.39 is 15.4 Å². The highest BCUT2D eigenvalue weighted by atomic mass is 32.2. The lowest BCUT2D eigenvalue weighted by atomic mass is 9.93. The van der Waals surface area contributed by atoms with E-state index in [4.69, 9.17) is 4.74 Å². The third-order valence-corrected chi connectivity index (χ3v) is 7.61. The van der Waals surface area contributed by atoms with Gasteiger partial charge in [-0.2, -0.15) is 0 Å². The molecule has 2 aliphatic heterocycles. The van der Waals surface area contributed by atoms with Crippen molar-refractivity contribution >= 4 is 21.6 Å². The Morgan fingerprint density at radius 1 is 1.06 bits per heavy atom. The molecule has 0 radical (unpaired) electrons. The first-order valence-corrected chi connectivity index (χ1v) is 13.6. The Morgan fingerprint density at radius 2 is 1.69 bits per heavy atom. The molecule has 2 saturated heterocycles. The zero-order chi connectivity index (χ0) is 23.5. The molecule has 8 heteroatoms. The summed E-state index contributed by atoms with van der Waals surface area (Å²) in [7, 11) is -3.16. The molecule has 1 amide bonds. The highest BCUT2D eigenvalue weighted by Crippen LogP contribution is 2.25. The number of likely N-dealkylation sites (tertiary alicyclic amines) is 1. The van der Waals surface area contributed by atoms with E-state index in [0.29, 0.717) is 16.9 Å². The Labute approximate surface area is 193 Å². The van der Waals surface area contributed by atoms with Crippen LogP contribution < -0.4 is 4.90 Å². The van der Waals surface area contributed by atoms with Gasteiger partial charge in [0.05, 0.1) is 4.90 Å². The number of hydrogen-bond donors (Lipinski definition) is 0. The minimum atomic E-state index is -3.16. The second-order valence-electron chi connectivity index (χ2n) is 10.3. The predicted molar refractivity (Wildman–Crippen MR) is 128 cm³/mol. The first kappa shape index (κ1) is 24.8. The fourth-order valence-corrected chi connectivity index (χ4v) is 5.18. The molecular weight excluding hydrogens is 426 g/mol. The van der Waals surface area contributed by atoms with Gasteiger partial charge in [0.15, 0.2) is 9.84 Å². The fourth-order valence-electron chi connectivity index (χ4n) is 4.55. The number of rotatable bonds is 5. The molecule has 0 saturated carbocycles. The van der Waals surface area contributed by atoms with Crippen LogP contribution in [0.1, 0.15) is 47.0 Å². The van der Waals surface area contributed by atoms with E-state index in [0.717, 1.165) is 64.2 Å². The average molecular weight is 466 g/mol. The molecule has 2 heterocycles. The topological polar surface area (TPSA) is 70.2 Å². The van der Waals surface area contributed by atoms with Crippen LogP contribution in [0.2, 0.25) is 0 Å². The molecule has 32 heavy (non-hydrogen) atoms. The second-order valence-corrected chi connectivity index (χ2v) is 12.3. The van der Waals surface area contributed by atoms with Gasteiger partial charge in [-0.05, 0) is 83.7 Å². The number of piperidine rings is 1. The summed E-state index contributed by atoms with van der Waals surface area (Å²) in [4.78, 5) is 19.4. The van der Waals surface area contributed by atoms with E-state index in [1.54, 1.807) is 12.1 Å². The molecule has 1 unspecified atom stereocenters. The van der Waals surface area contributed by atoms with Crippen molar-refractivity contribution in [2.24, 2.45) is 5.92 Å². The van der Waals surface area contributed by atoms with Crippen LogP contribution in [-0.4, -0.2) is 81.5 Å². The lowest BCUT2D eigenvalue weighted by molar-refractivity contribution is 0.0176. The van der Waals surface area contributed by atoms with Crippen molar-refractivity contribution in [1.82, 2.24) is 9.80 Å². The molecule has 1 aromatic rings. The SMILES string of the molecule is CC1CN(c2ccc(S(C)(=O)=O)cc2)CCN1CCC1CCN(C(=O)OC(C)(C)C)CC1. The molecular formula is C24H39N3O4S. The van der Waals surface area contributed by atoms with Crippen molar-refractivity contribution in [3.05, 3.63) is 24.3 Å². The van der Waals surface area contributed by atoms with E-state index in [9.17, 15) is 13.2 Å². The van der Waals surface area contributed by atoms with Gasteiger partial charge in [0.2, 0.25) is 0 Å². The van der Waals surface area contributed by atoms with Crippen LogP contribution in [0.3, 0.4) is 0 Å². The summed E-state index contributed by atoms with van der Waals surface area (Å²) in [6.45, 7) is 13.5. The number of carbonyl (C=O) groups is 1. The van der Waals surface area contributed by atoms with Gasteiger partial charge < -0.3 is 14.5 Å². The van der Waals surface area contributed by atoms with E-state index in [1.165, 1.54) is 6.26 Å². The molecule has 0 aliphatic carbocycles. The van der Waals surface area contributed by atoms with E-state index in [1.807, 2.05) is 37.8 Å².